The van der Waals surface area contributed by atoms with Crippen molar-refractivity contribution >= 4 is 39.8 Å². The highest BCUT2D eigenvalue weighted by molar-refractivity contribution is 9.09. The molecule has 5 heteroatoms. The van der Waals surface area contributed by atoms with Gasteiger partial charge < -0.3 is 9.30 Å². The molecule has 0 bridgehead atoms. The third-order valence-corrected chi connectivity index (χ3v) is 3.01. The van der Waals surface area contributed by atoms with Gasteiger partial charge in [0.15, 0.2) is 0 Å². The molecule has 0 atom stereocenters. The lowest BCUT2D eigenvalue weighted by molar-refractivity contribution is -0.135. The summed E-state index contributed by atoms with van der Waals surface area (Å²) in [6.45, 7) is 10.2. The van der Waals surface area contributed by atoms with Crippen LogP contribution < -0.4 is 10.6 Å². The van der Waals surface area contributed by atoms with E-state index in [0.717, 1.165) is 10.7 Å². The normalized spacial score (nSPS) is 11.7. The highest BCUT2D eigenvalue weighted by Gasteiger charge is 2.20. The summed E-state index contributed by atoms with van der Waals surface area (Å²) in [5.74, 6) is -1.51. The number of methoxy groups -OCH3 is 1. The molecule has 4 nitrogen and oxygen atoms in total. The molecule has 0 N–H and O–H groups in total. The molecule has 1 aromatic heterocycles. The zero-order chi connectivity index (χ0) is 16.4. The van der Waals surface area contributed by atoms with E-state index in [0.29, 0.717) is 17.3 Å². The van der Waals surface area contributed by atoms with E-state index in [1.54, 1.807) is 18.3 Å². The largest absolute Gasteiger partial charge is 0.463 e. The number of rotatable bonds is 5. The standard InChI is InChI=1S/C14H16BrNO3.C2H6/c1-4-6-10-11(13(17)14(18)19-3)9-16(8-7-15)12(10)5-2;1-2/h4-6,9H,1,7-8H2,2-3H3;1-2H3/b10-6-,12-5+;. The van der Waals surface area contributed by atoms with Gasteiger partial charge in [0.2, 0.25) is 0 Å². The Hall–Kier alpha value is -1.62. The van der Waals surface area contributed by atoms with Crippen LogP contribution >= 0.6 is 15.9 Å². The molecule has 0 saturated carbocycles. The molecule has 116 valence electrons. The fourth-order valence-electron chi connectivity index (χ4n) is 1.86. The Kier molecular flexibility index (Phi) is 9.37. The Balaban J connectivity index is 0.00000191. The highest BCUT2D eigenvalue weighted by atomic mass is 79.9. The molecule has 0 aromatic carbocycles. The van der Waals surface area contributed by atoms with Crippen molar-refractivity contribution in [1.29, 1.82) is 0 Å². The van der Waals surface area contributed by atoms with Crippen LogP contribution in [-0.4, -0.2) is 28.8 Å². The van der Waals surface area contributed by atoms with Crippen LogP contribution in [0.4, 0.5) is 0 Å². The van der Waals surface area contributed by atoms with Gasteiger partial charge in [-0.05, 0) is 6.92 Å². The molecular weight excluding hydrogens is 334 g/mol. The topological polar surface area (TPSA) is 48.3 Å². The third kappa shape index (κ3) is 4.70. The van der Waals surface area contributed by atoms with Crippen LogP contribution in [0.5, 0.6) is 0 Å². The van der Waals surface area contributed by atoms with Gasteiger partial charge in [-0.25, -0.2) is 4.79 Å². The van der Waals surface area contributed by atoms with Gasteiger partial charge in [-0.2, -0.15) is 0 Å². The Morgan fingerprint density at radius 3 is 2.48 bits per heavy atom. The molecule has 1 aromatic rings. The number of nitrogens with zero attached hydrogens (tertiary/aromatic N) is 1. The first-order valence-corrected chi connectivity index (χ1v) is 7.89. The molecule has 0 spiro atoms. The molecule has 1 rings (SSSR count). The lowest BCUT2D eigenvalue weighted by atomic mass is 10.1. The number of aromatic nitrogens is 1. The van der Waals surface area contributed by atoms with E-state index in [1.807, 2.05) is 31.4 Å². The molecule has 1 heterocycles. The van der Waals surface area contributed by atoms with E-state index in [1.165, 1.54) is 7.11 Å². The van der Waals surface area contributed by atoms with Crippen molar-refractivity contribution in [2.75, 3.05) is 12.4 Å². The summed E-state index contributed by atoms with van der Waals surface area (Å²) in [7, 11) is 1.19. The predicted molar refractivity (Wildman–Crippen MR) is 90.0 cm³/mol. The van der Waals surface area contributed by atoms with Gasteiger partial charge in [0, 0.05) is 28.6 Å². The monoisotopic (exact) mass is 355 g/mol. The molecule has 0 saturated heterocycles. The zero-order valence-corrected chi connectivity index (χ0v) is 14.6. The van der Waals surface area contributed by atoms with E-state index < -0.39 is 11.8 Å². The lowest BCUT2D eigenvalue weighted by Gasteiger charge is -1.98. The average Bonchev–Trinajstić information content (AvgIpc) is 2.86. The summed E-state index contributed by atoms with van der Waals surface area (Å²) in [6.07, 6.45) is 6.88. The second kappa shape index (κ2) is 10.2. The Morgan fingerprint density at radius 2 is 2.05 bits per heavy atom. The molecule has 21 heavy (non-hydrogen) atoms. The van der Waals surface area contributed by atoms with Gasteiger partial charge in [-0.3, -0.25) is 4.79 Å². The quantitative estimate of drug-likeness (QED) is 0.351. The van der Waals surface area contributed by atoms with Gasteiger partial charge in [-0.1, -0.05) is 54.6 Å². The summed E-state index contributed by atoms with van der Waals surface area (Å²) in [4.78, 5) is 23.4. The molecule has 0 unspecified atom stereocenters. The molecule has 0 radical (unpaired) electrons. The van der Waals surface area contributed by atoms with Crippen molar-refractivity contribution in [2.24, 2.45) is 0 Å². The predicted octanol–water partition coefficient (Wildman–Crippen LogP) is 2.03. The van der Waals surface area contributed by atoms with Crippen LogP contribution in [0.1, 0.15) is 31.1 Å². The van der Waals surface area contributed by atoms with E-state index in [2.05, 4.69) is 27.2 Å². The van der Waals surface area contributed by atoms with Crippen molar-refractivity contribution in [3.8, 4) is 0 Å². The van der Waals surface area contributed by atoms with Gasteiger partial charge >= 0.3 is 5.97 Å². The van der Waals surface area contributed by atoms with Crippen molar-refractivity contribution in [3.05, 3.63) is 35.0 Å². The number of hydrogen-bond donors (Lipinski definition) is 0. The average molecular weight is 356 g/mol. The van der Waals surface area contributed by atoms with Crippen molar-refractivity contribution in [3.63, 3.8) is 0 Å². The molecular formula is C16H22BrNO3. The van der Waals surface area contributed by atoms with Crippen LogP contribution in [0, 0.1) is 0 Å². The van der Waals surface area contributed by atoms with Crippen molar-refractivity contribution in [1.82, 2.24) is 4.57 Å². The maximum Gasteiger partial charge on any atom is 0.379 e. The first-order chi connectivity index (χ1) is 10.1. The van der Waals surface area contributed by atoms with Crippen LogP contribution in [0.15, 0.2) is 18.9 Å². The number of ether oxygens (including phenoxy) is 1. The Bertz CT molecular complexity index is 614. The second-order valence-electron chi connectivity index (χ2n) is 3.74. The molecule has 0 aliphatic carbocycles. The smallest absolute Gasteiger partial charge is 0.379 e. The summed E-state index contributed by atoms with van der Waals surface area (Å²) in [6, 6.07) is 0. The lowest BCUT2D eigenvalue weighted by Crippen LogP contribution is -2.32. The summed E-state index contributed by atoms with van der Waals surface area (Å²) >= 11 is 3.36. The van der Waals surface area contributed by atoms with E-state index >= 15 is 0 Å². The second-order valence-corrected chi connectivity index (χ2v) is 4.53. The fraction of sp³-hybridized carbons (Fsp3) is 0.375. The first kappa shape index (κ1) is 19.4. The highest BCUT2D eigenvalue weighted by Crippen LogP contribution is 1.97. The Morgan fingerprint density at radius 1 is 1.43 bits per heavy atom. The minimum atomic E-state index is -0.864. The fourth-order valence-corrected chi connectivity index (χ4v) is 2.24. The SMILES string of the molecule is C=C/C=c1/c(C(=O)C(=O)OC)cn(CCBr)/c1=C/C.CC. The zero-order valence-electron chi connectivity index (χ0n) is 13.0. The number of esters is 1. The van der Waals surface area contributed by atoms with Gasteiger partial charge in [0.05, 0.1) is 12.7 Å². The van der Waals surface area contributed by atoms with Gasteiger partial charge in [-0.15, -0.1) is 0 Å². The van der Waals surface area contributed by atoms with Gasteiger partial charge in [0.1, 0.15) is 0 Å². The van der Waals surface area contributed by atoms with Crippen LogP contribution in [0.3, 0.4) is 0 Å². The summed E-state index contributed by atoms with van der Waals surface area (Å²) in [5, 5.41) is 2.32. The number of allylic oxidation sites excluding steroid dienone is 1. The molecule has 0 aliphatic heterocycles. The first-order valence-electron chi connectivity index (χ1n) is 6.77. The maximum absolute atomic E-state index is 12.0. The van der Waals surface area contributed by atoms with Crippen LogP contribution in [0.25, 0.3) is 12.2 Å². The number of alkyl halides is 1. The molecule has 0 aliphatic rings. The Labute approximate surface area is 133 Å². The molecule has 0 fully saturated rings. The van der Waals surface area contributed by atoms with Crippen LogP contribution in [0.2, 0.25) is 0 Å². The van der Waals surface area contributed by atoms with E-state index in [9.17, 15) is 9.59 Å². The van der Waals surface area contributed by atoms with Crippen LogP contribution in [-0.2, 0) is 16.1 Å². The number of ketones is 1. The van der Waals surface area contributed by atoms with Crippen molar-refractivity contribution in [2.45, 2.75) is 27.3 Å². The van der Waals surface area contributed by atoms with E-state index in [-0.39, 0.29) is 0 Å². The number of carbonyl (C=O) groups is 2. The summed E-state index contributed by atoms with van der Waals surface area (Å²) in [5.41, 5.74) is 0.334. The van der Waals surface area contributed by atoms with Gasteiger partial charge in [0.25, 0.3) is 5.78 Å². The summed E-state index contributed by atoms with van der Waals surface area (Å²) < 4.78 is 6.40. The number of carbonyl (C=O) groups excluding carboxylic acids is 2. The number of hydrogen-bond acceptors (Lipinski definition) is 3. The maximum atomic E-state index is 12.0. The molecule has 0 amide bonds. The number of aryl methyl sites for hydroxylation is 1. The third-order valence-electron chi connectivity index (χ3n) is 2.66. The van der Waals surface area contributed by atoms with E-state index in [4.69, 9.17) is 0 Å². The minimum Gasteiger partial charge on any atom is -0.463 e. The number of Topliss-reactive ketones (excluding diaryl/α,β-unsaturated/α-hetero) is 1. The number of halogens is 1. The van der Waals surface area contributed by atoms with Crippen molar-refractivity contribution < 1.29 is 14.3 Å². The minimum absolute atomic E-state index is 0.334.